The molecule has 1 fully saturated rings. The van der Waals surface area contributed by atoms with E-state index in [2.05, 4.69) is 10.2 Å². The highest BCUT2D eigenvalue weighted by atomic mass is 16.2. The maximum absolute atomic E-state index is 12.7. The van der Waals surface area contributed by atoms with Crippen molar-refractivity contribution in [2.45, 2.75) is 13.8 Å². The second-order valence-corrected chi connectivity index (χ2v) is 6.21. The van der Waals surface area contributed by atoms with Gasteiger partial charge in [-0.25, -0.2) is 5.10 Å². The second-order valence-electron chi connectivity index (χ2n) is 6.21. The Bertz CT molecular complexity index is 846. The van der Waals surface area contributed by atoms with Crippen molar-refractivity contribution in [1.82, 2.24) is 20.0 Å². The summed E-state index contributed by atoms with van der Waals surface area (Å²) in [6, 6.07) is 8.53. The fourth-order valence-corrected chi connectivity index (χ4v) is 2.87. The molecule has 2 heterocycles. The number of hydrogen-bond donors (Lipinski definition) is 1. The van der Waals surface area contributed by atoms with Crippen molar-refractivity contribution < 1.29 is 9.59 Å². The summed E-state index contributed by atoms with van der Waals surface area (Å²) in [6.45, 7) is 5.72. The first-order chi connectivity index (χ1) is 12.0. The zero-order valence-electron chi connectivity index (χ0n) is 14.3. The van der Waals surface area contributed by atoms with Crippen LogP contribution in [-0.2, 0) is 0 Å². The summed E-state index contributed by atoms with van der Waals surface area (Å²) in [6.07, 6.45) is 0. The van der Waals surface area contributed by atoms with Gasteiger partial charge < -0.3 is 9.80 Å². The van der Waals surface area contributed by atoms with E-state index in [0.29, 0.717) is 31.7 Å². The molecule has 0 radical (unpaired) electrons. The van der Waals surface area contributed by atoms with Gasteiger partial charge in [-0.2, -0.15) is 5.10 Å². The summed E-state index contributed by atoms with van der Waals surface area (Å²) in [7, 11) is 0. The number of carbonyl (C=O) groups excluding carboxylic acids is 2. The van der Waals surface area contributed by atoms with Crippen LogP contribution in [0.3, 0.4) is 0 Å². The molecule has 3 rings (SSSR count). The quantitative estimate of drug-likeness (QED) is 0.883. The number of H-pyrrole nitrogens is 1. The molecule has 1 N–H and O–H groups in total. The highest BCUT2D eigenvalue weighted by Crippen LogP contribution is 2.15. The Balaban J connectivity index is 1.66. The van der Waals surface area contributed by atoms with Gasteiger partial charge in [0.15, 0.2) is 0 Å². The molecule has 1 aromatic carbocycles. The lowest BCUT2D eigenvalue weighted by Gasteiger charge is -2.34. The van der Waals surface area contributed by atoms with Crippen LogP contribution >= 0.6 is 0 Å². The standard InChI is InChI=1S/C18H20N4O3/c1-12-3-4-13(2)14(11-12)17(24)21-7-9-22(10-8-21)18(25)15-5-6-16(23)20-19-15/h3-6,11H,7-10H2,1-2H3,(H,20,23). The molecule has 1 aliphatic rings. The monoisotopic (exact) mass is 340 g/mol. The van der Waals surface area contributed by atoms with Gasteiger partial charge in [-0.05, 0) is 31.5 Å². The highest BCUT2D eigenvalue weighted by molar-refractivity contribution is 5.96. The molecule has 0 unspecified atom stereocenters. The molecule has 0 bridgehead atoms. The van der Waals surface area contributed by atoms with E-state index in [1.165, 1.54) is 12.1 Å². The lowest BCUT2D eigenvalue weighted by atomic mass is 10.0. The third-order valence-corrected chi connectivity index (χ3v) is 4.38. The Morgan fingerprint density at radius 3 is 2.20 bits per heavy atom. The fraction of sp³-hybridized carbons (Fsp3) is 0.333. The van der Waals surface area contributed by atoms with E-state index in [-0.39, 0.29) is 23.1 Å². The van der Waals surface area contributed by atoms with E-state index < -0.39 is 0 Å². The van der Waals surface area contributed by atoms with Gasteiger partial charge in [0.05, 0.1) is 0 Å². The van der Waals surface area contributed by atoms with Gasteiger partial charge in [0.25, 0.3) is 17.4 Å². The number of aromatic amines is 1. The van der Waals surface area contributed by atoms with Crippen molar-refractivity contribution in [2.75, 3.05) is 26.2 Å². The normalized spacial score (nSPS) is 14.5. The molecule has 25 heavy (non-hydrogen) atoms. The SMILES string of the molecule is Cc1ccc(C)c(C(=O)N2CCN(C(=O)c3ccc(=O)[nH]n3)CC2)c1. The molecule has 130 valence electrons. The van der Waals surface area contributed by atoms with Crippen LogP contribution in [0.25, 0.3) is 0 Å². The number of carbonyl (C=O) groups is 2. The summed E-state index contributed by atoms with van der Waals surface area (Å²) in [5.41, 5.74) is 2.56. The van der Waals surface area contributed by atoms with Crippen molar-refractivity contribution in [3.63, 3.8) is 0 Å². The Labute approximate surface area is 145 Å². The average molecular weight is 340 g/mol. The second kappa shape index (κ2) is 6.88. The molecule has 7 heteroatoms. The van der Waals surface area contributed by atoms with Gasteiger partial charge in [0.2, 0.25) is 0 Å². The van der Waals surface area contributed by atoms with Crippen LogP contribution in [0.15, 0.2) is 35.1 Å². The van der Waals surface area contributed by atoms with Crippen LogP contribution in [0.2, 0.25) is 0 Å². The molecule has 0 saturated carbocycles. The molecule has 1 aliphatic heterocycles. The first kappa shape index (κ1) is 16.9. The van der Waals surface area contributed by atoms with E-state index in [1.54, 1.807) is 9.80 Å². The number of aromatic nitrogens is 2. The minimum atomic E-state index is -0.347. The molecule has 2 amide bonds. The van der Waals surface area contributed by atoms with Crippen molar-refractivity contribution >= 4 is 11.8 Å². The van der Waals surface area contributed by atoms with Crippen molar-refractivity contribution in [2.24, 2.45) is 0 Å². The molecule has 1 aromatic heterocycles. The zero-order valence-corrected chi connectivity index (χ0v) is 14.3. The minimum absolute atomic E-state index is 0.00420. The van der Waals surface area contributed by atoms with Crippen LogP contribution in [0.5, 0.6) is 0 Å². The third kappa shape index (κ3) is 3.60. The van der Waals surface area contributed by atoms with E-state index in [1.807, 2.05) is 32.0 Å². The Morgan fingerprint density at radius 1 is 0.960 bits per heavy atom. The Morgan fingerprint density at radius 2 is 1.60 bits per heavy atom. The number of benzene rings is 1. The van der Waals surface area contributed by atoms with Gasteiger partial charge in [-0.15, -0.1) is 0 Å². The van der Waals surface area contributed by atoms with Crippen LogP contribution in [0, 0.1) is 13.8 Å². The maximum atomic E-state index is 12.7. The Hall–Kier alpha value is -2.96. The van der Waals surface area contributed by atoms with Gasteiger partial charge in [-0.1, -0.05) is 17.7 Å². The van der Waals surface area contributed by atoms with Crippen LogP contribution in [0.4, 0.5) is 0 Å². The zero-order chi connectivity index (χ0) is 18.0. The minimum Gasteiger partial charge on any atom is -0.335 e. The van der Waals surface area contributed by atoms with E-state index in [4.69, 9.17) is 0 Å². The molecule has 0 spiro atoms. The summed E-state index contributed by atoms with van der Waals surface area (Å²) >= 11 is 0. The lowest BCUT2D eigenvalue weighted by molar-refractivity contribution is 0.0531. The maximum Gasteiger partial charge on any atom is 0.274 e. The number of aryl methyl sites for hydroxylation is 2. The molecular formula is C18H20N4O3. The van der Waals surface area contributed by atoms with Crippen LogP contribution in [-0.4, -0.2) is 58.0 Å². The number of amides is 2. The van der Waals surface area contributed by atoms with Crippen LogP contribution < -0.4 is 5.56 Å². The topological polar surface area (TPSA) is 86.4 Å². The molecule has 0 atom stereocenters. The number of rotatable bonds is 2. The number of nitrogens with zero attached hydrogens (tertiary/aromatic N) is 3. The summed E-state index contributed by atoms with van der Waals surface area (Å²) < 4.78 is 0. The van der Waals surface area contributed by atoms with Crippen molar-refractivity contribution in [3.8, 4) is 0 Å². The predicted octanol–water partition coefficient (Wildman–Crippen LogP) is 0.985. The smallest absolute Gasteiger partial charge is 0.274 e. The number of nitrogens with one attached hydrogen (secondary N) is 1. The number of piperazine rings is 1. The highest BCUT2D eigenvalue weighted by Gasteiger charge is 2.26. The molecule has 7 nitrogen and oxygen atoms in total. The summed E-state index contributed by atoms with van der Waals surface area (Å²) in [5, 5.41) is 6.03. The van der Waals surface area contributed by atoms with Gasteiger partial charge in [0.1, 0.15) is 5.69 Å². The molecule has 1 saturated heterocycles. The van der Waals surface area contributed by atoms with Crippen molar-refractivity contribution in [3.05, 3.63) is 63.1 Å². The largest absolute Gasteiger partial charge is 0.335 e. The molecular weight excluding hydrogens is 320 g/mol. The predicted molar refractivity (Wildman–Crippen MR) is 92.6 cm³/mol. The number of hydrogen-bond acceptors (Lipinski definition) is 4. The first-order valence-corrected chi connectivity index (χ1v) is 8.17. The Kier molecular flexibility index (Phi) is 4.65. The third-order valence-electron chi connectivity index (χ3n) is 4.38. The molecule has 0 aliphatic carbocycles. The molecule has 2 aromatic rings. The van der Waals surface area contributed by atoms with E-state index in [9.17, 15) is 14.4 Å². The average Bonchev–Trinajstić information content (AvgIpc) is 2.63. The van der Waals surface area contributed by atoms with Crippen molar-refractivity contribution in [1.29, 1.82) is 0 Å². The van der Waals surface area contributed by atoms with E-state index in [0.717, 1.165) is 11.1 Å². The van der Waals surface area contributed by atoms with Crippen LogP contribution in [0.1, 0.15) is 32.0 Å². The van der Waals surface area contributed by atoms with Gasteiger partial charge in [0, 0.05) is 37.8 Å². The summed E-state index contributed by atoms with van der Waals surface area (Å²) in [5.74, 6) is -0.245. The fourth-order valence-electron chi connectivity index (χ4n) is 2.87. The first-order valence-electron chi connectivity index (χ1n) is 8.17. The van der Waals surface area contributed by atoms with Gasteiger partial charge in [-0.3, -0.25) is 14.4 Å². The lowest BCUT2D eigenvalue weighted by Crippen LogP contribution is -2.51. The van der Waals surface area contributed by atoms with Gasteiger partial charge >= 0.3 is 0 Å². The van der Waals surface area contributed by atoms with E-state index >= 15 is 0 Å². The summed E-state index contributed by atoms with van der Waals surface area (Å²) in [4.78, 5) is 39.6.